The minimum atomic E-state index is -0.665. The maximum absolute atomic E-state index is 13.2. The van der Waals surface area contributed by atoms with E-state index in [1.807, 2.05) is 13.8 Å². The monoisotopic (exact) mass is 504 g/mol. The van der Waals surface area contributed by atoms with Crippen molar-refractivity contribution in [3.63, 3.8) is 0 Å². The van der Waals surface area contributed by atoms with Crippen LogP contribution in [-0.4, -0.2) is 60.3 Å². The lowest BCUT2D eigenvalue weighted by Crippen LogP contribution is -2.12. The smallest absolute Gasteiger partial charge is 0.355 e. The number of aromatic amines is 2. The van der Waals surface area contributed by atoms with Gasteiger partial charge in [0.15, 0.2) is 0 Å². The van der Waals surface area contributed by atoms with Gasteiger partial charge in [0.05, 0.1) is 48.9 Å². The third-order valence-electron chi connectivity index (χ3n) is 5.38. The maximum atomic E-state index is 13.2. The number of H-pyrrole nitrogens is 2. The van der Waals surface area contributed by atoms with E-state index in [-0.39, 0.29) is 60.3 Å². The first-order valence-electron chi connectivity index (χ1n) is 12.5. The first-order valence-corrected chi connectivity index (χ1v) is 12.5. The lowest BCUT2D eigenvalue weighted by atomic mass is 9.99. The van der Waals surface area contributed by atoms with Gasteiger partial charge in [0, 0.05) is 0 Å². The third kappa shape index (κ3) is 5.98. The predicted octanol–water partition coefficient (Wildman–Crippen LogP) is 4.62. The SMILES string of the molecule is CCCc1c(C(=O)OCC)[nH]c(-c2[nH]c(C(=O)OCC)c(CCC)c2C(=O)OCC)c1C(=O)OCC. The quantitative estimate of drug-likeness (QED) is 0.298. The van der Waals surface area contributed by atoms with Crippen LogP contribution in [0.3, 0.4) is 0 Å². The average molecular weight is 505 g/mol. The van der Waals surface area contributed by atoms with E-state index in [1.165, 1.54) is 0 Å². The zero-order valence-corrected chi connectivity index (χ0v) is 21.9. The van der Waals surface area contributed by atoms with E-state index in [0.29, 0.717) is 36.8 Å². The molecular formula is C26H36N2O8. The molecule has 0 saturated heterocycles. The highest BCUT2D eigenvalue weighted by Crippen LogP contribution is 2.36. The van der Waals surface area contributed by atoms with Crippen LogP contribution in [0.1, 0.15) is 107 Å². The van der Waals surface area contributed by atoms with Gasteiger partial charge in [-0.3, -0.25) is 0 Å². The summed E-state index contributed by atoms with van der Waals surface area (Å²) in [4.78, 5) is 58.0. The van der Waals surface area contributed by atoms with Gasteiger partial charge in [-0.1, -0.05) is 26.7 Å². The van der Waals surface area contributed by atoms with Crippen LogP contribution in [0.4, 0.5) is 0 Å². The Morgan fingerprint density at radius 1 is 0.528 bits per heavy atom. The van der Waals surface area contributed by atoms with Gasteiger partial charge in [0.25, 0.3) is 0 Å². The predicted molar refractivity (Wildman–Crippen MR) is 132 cm³/mol. The Bertz CT molecular complexity index is 1010. The molecule has 198 valence electrons. The van der Waals surface area contributed by atoms with Gasteiger partial charge in [-0.2, -0.15) is 0 Å². The number of rotatable bonds is 13. The molecule has 0 aliphatic heterocycles. The van der Waals surface area contributed by atoms with Gasteiger partial charge >= 0.3 is 23.9 Å². The van der Waals surface area contributed by atoms with E-state index in [2.05, 4.69) is 9.97 Å². The van der Waals surface area contributed by atoms with Crippen LogP contribution in [-0.2, 0) is 31.8 Å². The fourth-order valence-electron chi connectivity index (χ4n) is 4.06. The number of aromatic nitrogens is 2. The molecule has 0 unspecified atom stereocenters. The molecule has 0 aliphatic rings. The van der Waals surface area contributed by atoms with Crippen LogP contribution in [0.15, 0.2) is 0 Å². The summed E-state index contributed by atoms with van der Waals surface area (Å²) in [5.74, 6) is -2.61. The number of ether oxygens (including phenoxy) is 4. The summed E-state index contributed by atoms with van der Waals surface area (Å²) in [6.45, 7) is 11.0. The largest absolute Gasteiger partial charge is 0.462 e. The van der Waals surface area contributed by atoms with Gasteiger partial charge in [-0.25, -0.2) is 19.2 Å². The number of nitrogens with one attached hydrogen (secondary N) is 2. The number of hydrogen-bond acceptors (Lipinski definition) is 8. The number of carbonyl (C=O) groups is 4. The van der Waals surface area contributed by atoms with E-state index >= 15 is 0 Å². The van der Waals surface area contributed by atoms with Crippen molar-refractivity contribution in [2.45, 2.75) is 67.2 Å². The summed E-state index contributed by atoms with van der Waals surface area (Å²) in [7, 11) is 0. The van der Waals surface area contributed by atoms with E-state index in [1.54, 1.807) is 27.7 Å². The lowest BCUT2D eigenvalue weighted by molar-refractivity contribution is 0.0504. The molecule has 0 amide bonds. The van der Waals surface area contributed by atoms with Gasteiger partial charge in [-0.05, 0) is 51.7 Å². The van der Waals surface area contributed by atoms with Crippen LogP contribution in [0.5, 0.6) is 0 Å². The van der Waals surface area contributed by atoms with Crippen molar-refractivity contribution >= 4 is 23.9 Å². The van der Waals surface area contributed by atoms with E-state index in [4.69, 9.17) is 18.9 Å². The second-order valence-corrected chi connectivity index (χ2v) is 7.84. The van der Waals surface area contributed by atoms with Crippen molar-refractivity contribution in [3.05, 3.63) is 33.6 Å². The van der Waals surface area contributed by atoms with Gasteiger partial charge in [-0.15, -0.1) is 0 Å². The highest BCUT2D eigenvalue weighted by Gasteiger charge is 2.34. The summed E-state index contributed by atoms with van der Waals surface area (Å²) in [6, 6.07) is 0. The average Bonchev–Trinajstić information content (AvgIpc) is 3.39. The molecule has 10 heteroatoms. The maximum Gasteiger partial charge on any atom is 0.355 e. The first kappa shape index (κ1) is 28.7. The van der Waals surface area contributed by atoms with E-state index < -0.39 is 23.9 Å². The molecular weight excluding hydrogens is 468 g/mol. The van der Waals surface area contributed by atoms with Crippen molar-refractivity contribution < 1.29 is 38.1 Å². The Kier molecular flexibility index (Phi) is 10.8. The Hall–Kier alpha value is -3.56. The topological polar surface area (TPSA) is 137 Å². The normalized spacial score (nSPS) is 10.7. The van der Waals surface area contributed by atoms with E-state index in [9.17, 15) is 19.2 Å². The summed E-state index contributed by atoms with van der Waals surface area (Å²) in [6.07, 6.45) is 2.00. The molecule has 36 heavy (non-hydrogen) atoms. The fraction of sp³-hybridized carbons (Fsp3) is 0.538. The summed E-state index contributed by atoms with van der Waals surface area (Å²) < 4.78 is 21.1. The highest BCUT2D eigenvalue weighted by atomic mass is 16.5. The van der Waals surface area contributed by atoms with Gasteiger partial charge in [0.1, 0.15) is 11.4 Å². The minimum absolute atomic E-state index is 0.0934. The molecule has 0 fully saturated rings. The van der Waals surface area contributed by atoms with Crippen LogP contribution in [0.25, 0.3) is 11.4 Å². The second kappa shape index (κ2) is 13.5. The lowest BCUT2D eigenvalue weighted by Gasteiger charge is -2.09. The molecule has 0 aromatic carbocycles. The van der Waals surface area contributed by atoms with Crippen LogP contribution < -0.4 is 0 Å². The Balaban J connectivity index is 2.99. The van der Waals surface area contributed by atoms with Crippen molar-refractivity contribution in [2.24, 2.45) is 0 Å². The molecule has 0 spiro atoms. The number of hydrogen-bond donors (Lipinski definition) is 2. The molecule has 2 heterocycles. The zero-order valence-electron chi connectivity index (χ0n) is 21.9. The molecule has 0 atom stereocenters. The third-order valence-corrected chi connectivity index (χ3v) is 5.38. The summed E-state index contributed by atoms with van der Waals surface area (Å²) in [5.41, 5.74) is 1.53. The first-order chi connectivity index (χ1) is 17.3. The molecule has 0 radical (unpaired) electrons. The van der Waals surface area contributed by atoms with Crippen molar-refractivity contribution in [1.82, 2.24) is 9.97 Å². The minimum Gasteiger partial charge on any atom is -0.462 e. The Morgan fingerprint density at radius 2 is 0.833 bits per heavy atom. The molecule has 0 saturated carbocycles. The molecule has 2 aromatic rings. The van der Waals surface area contributed by atoms with Crippen LogP contribution in [0.2, 0.25) is 0 Å². The highest BCUT2D eigenvalue weighted by molar-refractivity contribution is 6.08. The standard InChI is InChI=1S/C26H36N2O8/c1-7-13-15-17(23(29)33-9-3)21(27-19(15)25(31)35-11-5)22-18(24(30)34-10-4)16(14-8-2)20(28-22)26(32)36-12-6/h27-28H,7-14H2,1-6H3. The van der Waals surface area contributed by atoms with Crippen LogP contribution in [0, 0.1) is 0 Å². The second-order valence-electron chi connectivity index (χ2n) is 7.84. The molecule has 2 rings (SSSR count). The zero-order chi connectivity index (χ0) is 26.8. The van der Waals surface area contributed by atoms with Crippen molar-refractivity contribution in [3.8, 4) is 11.4 Å². The Morgan fingerprint density at radius 3 is 1.11 bits per heavy atom. The fourth-order valence-corrected chi connectivity index (χ4v) is 4.06. The molecule has 10 nitrogen and oxygen atoms in total. The summed E-state index contributed by atoms with van der Waals surface area (Å²) in [5, 5.41) is 0. The summed E-state index contributed by atoms with van der Waals surface area (Å²) >= 11 is 0. The van der Waals surface area contributed by atoms with Gasteiger partial charge in [0.2, 0.25) is 0 Å². The van der Waals surface area contributed by atoms with Crippen molar-refractivity contribution in [1.29, 1.82) is 0 Å². The van der Waals surface area contributed by atoms with Gasteiger partial charge < -0.3 is 28.9 Å². The number of carbonyl (C=O) groups excluding carboxylic acids is 4. The molecule has 2 N–H and O–H groups in total. The van der Waals surface area contributed by atoms with E-state index in [0.717, 1.165) is 0 Å². The Labute approximate surface area is 211 Å². The number of esters is 4. The molecule has 0 aliphatic carbocycles. The van der Waals surface area contributed by atoms with Crippen molar-refractivity contribution in [2.75, 3.05) is 26.4 Å². The molecule has 0 bridgehead atoms. The van der Waals surface area contributed by atoms with Crippen LogP contribution >= 0.6 is 0 Å². The molecule has 2 aromatic heterocycles.